The van der Waals surface area contributed by atoms with Gasteiger partial charge in [0.15, 0.2) is 0 Å². The van der Waals surface area contributed by atoms with Crippen LogP contribution in [0, 0.1) is 22.0 Å². The van der Waals surface area contributed by atoms with E-state index in [1.165, 1.54) is 20.3 Å². The second kappa shape index (κ2) is 5.99. The second-order valence-electron chi connectivity index (χ2n) is 5.12. The maximum Gasteiger partial charge on any atom is 0.310 e. The van der Waals surface area contributed by atoms with E-state index >= 15 is 0 Å². The Bertz CT molecular complexity index is 560. The van der Waals surface area contributed by atoms with Crippen LogP contribution in [0.3, 0.4) is 0 Å². The number of carbonyl (C=O) groups is 1. The van der Waals surface area contributed by atoms with Gasteiger partial charge in [-0.2, -0.15) is 0 Å². The van der Waals surface area contributed by atoms with Gasteiger partial charge in [-0.05, 0) is 12.0 Å². The zero-order valence-electron chi connectivity index (χ0n) is 12.2. The fraction of sp³-hybridized carbons (Fsp3) is 0.500. The maximum atomic E-state index is 11.7. The van der Waals surface area contributed by atoms with Crippen LogP contribution < -0.4 is 9.64 Å². The molecule has 0 N–H and O–H groups in total. The van der Waals surface area contributed by atoms with Crippen LogP contribution in [0.1, 0.15) is 6.92 Å². The predicted octanol–water partition coefficient (Wildman–Crippen LogP) is 1.85. The SMILES string of the molecule is COC(=O)C1CN(c2cc(OC)ccc2[N+](=O)[O-])CC1C. The number of hydrogen-bond donors (Lipinski definition) is 0. The van der Waals surface area contributed by atoms with Gasteiger partial charge >= 0.3 is 5.97 Å². The number of hydrogen-bond acceptors (Lipinski definition) is 6. The molecule has 2 unspecified atom stereocenters. The Morgan fingerprint density at radius 1 is 1.38 bits per heavy atom. The first kappa shape index (κ1) is 15.1. The van der Waals surface area contributed by atoms with Crippen LogP contribution in [-0.2, 0) is 9.53 Å². The van der Waals surface area contributed by atoms with Crippen molar-refractivity contribution in [3.05, 3.63) is 28.3 Å². The molecule has 0 radical (unpaired) electrons. The summed E-state index contributed by atoms with van der Waals surface area (Å²) in [5.41, 5.74) is 0.478. The number of anilines is 1. The van der Waals surface area contributed by atoms with Gasteiger partial charge in [0, 0.05) is 25.2 Å². The topological polar surface area (TPSA) is 81.9 Å². The number of nitro benzene ring substituents is 1. The Balaban J connectivity index is 2.33. The van der Waals surface area contributed by atoms with E-state index in [1.54, 1.807) is 12.1 Å². The quantitative estimate of drug-likeness (QED) is 0.479. The molecule has 0 aromatic heterocycles. The van der Waals surface area contributed by atoms with Crippen molar-refractivity contribution >= 4 is 17.3 Å². The van der Waals surface area contributed by atoms with Gasteiger partial charge in [0.25, 0.3) is 5.69 Å². The van der Waals surface area contributed by atoms with Crippen LogP contribution in [0.25, 0.3) is 0 Å². The van der Waals surface area contributed by atoms with E-state index in [-0.39, 0.29) is 23.5 Å². The Hall–Kier alpha value is -2.31. The largest absolute Gasteiger partial charge is 0.497 e. The molecular formula is C14H18N2O5. The predicted molar refractivity (Wildman–Crippen MR) is 76.5 cm³/mol. The summed E-state index contributed by atoms with van der Waals surface area (Å²) in [6.07, 6.45) is 0. The minimum absolute atomic E-state index is 0.00789. The summed E-state index contributed by atoms with van der Waals surface area (Å²) in [5, 5.41) is 11.2. The number of carbonyl (C=O) groups excluding carboxylic acids is 1. The third-order valence-corrected chi connectivity index (χ3v) is 3.84. The van der Waals surface area contributed by atoms with Gasteiger partial charge < -0.3 is 14.4 Å². The van der Waals surface area contributed by atoms with Crippen molar-refractivity contribution in [2.45, 2.75) is 6.92 Å². The molecule has 0 spiro atoms. The standard InChI is InChI=1S/C14H18N2O5/c1-9-7-15(8-11(9)14(17)21-3)13-6-10(20-2)4-5-12(13)16(18)19/h4-6,9,11H,7-8H2,1-3H3. The monoisotopic (exact) mass is 294 g/mol. The van der Waals surface area contributed by atoms with Crippen molar-refractivity contribution in [3.63, 3.8) is 0 Å². The maximum absolute atomic E-state index is 11.7. The minimum Gasteiger partial charge on any atom is -0.497 e. The highest BCUT2D eigenvalue weighted by Gasteiger charge is 2.37. The number of esters is 1. The van der Waals surface area contributed by atoms with E-state index in [0.717, 1.165) is 0 Å². The van der Waals surface area contributed by atoms with Crippen molar-refractivity contribution in [2.75, 3.05) is 32.2 Å². The first-order chi connectivity index (χ1) is 9.97. The Kier molecular flexibility index (Phi) is 4.30. The molecule has 0 saturated carbocycles. The van der Waals surface area contributed by atoms with Gasteiger partial charge in [-0.3, -0.25) is 14.9 Å². The zero-order chi connectivity index (χ0) is 15.6. The summed E-state index contributed by atoms with van der Waals surface area (Å²) in [4.78, 5) is 24.3. The molecule has 1 aromatic rings. The van der Waals surface area contributed by atoms with Crippen LogP contribution >= 0.6 is 0 Å². The molecule has 1 heterocycles. The average Bonchev–Trinajstić information content (AvgIpc) is 2.87. The highest BCUT2D eigenvalue weighted by Crippen LogP contribution is 2.37. The minimum atomic E-state index is -0.426. The lowest BCUT2D eigenvalue weighted by atomic mass is 9.99. The summed E-state index contributed by atoms with van der Waals surface area (Å²) in [5.74, 6) is 0.0596. The molecule has 1 aliphatic heterocycles. The molecule has 114 valence electrons. The fourth-order valence-corrected chi connectivity index (χ4v) is 2.66. The van der Waals surface area contributed by atoms with Crippen LogP contribution in [-0.4, -0.2) is 38.2 Å². The number of rotatable bonds is 4. The van der Waals surface area contributed by atoms with Gasteiger partial charge in [-0.1, -0.05) is 6.92 Å². The smallest absolute Gasteiger partial charge is 0.310 e. The van der Waals surface area contributed by atoms with Gasteiger partial charge in [0.2, 0.25) is 0 Å². The van der Waals surface area contributed by atoms with Crippen molar-refractivity contribution in [2.24, 2.45) is 11.8 Å². The molecule has 21 heavy (non-hydrogen) atoms. The molecule has 0 bridgehead atoms. The van der Waals surface area contributed by atoms with Crippen LogP contribution in [0.15, 0.2) is 18.2 Å². The van der Waals surface area contributed by atoms with Crippen LogP contribution in [0.4, 0.5) is 11.4 Å². The molecule has 0 amide bonds. The normalized spacial score (nSPS) is 21.2. The Morgan fingerprint density at radius 3 is 2.67 bits per heavy atom. The van der Waals surface area contributed by atoms with E-state index in [1.807, 2.05) is 11.8 Å². The number of nitrogens with zero attached hydrogens (tertiary/aromatic N) is 2. The van der Waals surface area contributed by atoms with E-state index in [2.05, 4.69) is 0 Å². The second-order valence-corrected chi connectivity index (χ2v) is 5.12. The third kappa shape index (κ3) is 2.91. The number of nitro groups is 1. The molecule has 2 atom stereocenters. The van der Waals surface area contributed by atoms with Crippen LogP contribution in [0.2, 0.25) is 0 Å². The van der Waals surface area contributed by atoms with Gasteiger partial charge in [-0.15, -0.1) is 0 Å². The average molecular weight is 294 g/mol. The molecular weight excluding hydrogens is 276 g/mol. The highest BCUT2D eigenvalue weighted by molar-refractivity contribution is 5.76. The third-order valence-electron chi connectivity index (χ3n) is 3.84. The Labute approximate surface area is 122 Å². The van der Waals surface area contributed by atoms with E-state index in [4.69, 9.17) is 9.47 Å². The molecule has 0 aliphatic carbocycles. The summed E-state index contributed by atoms with van der Waals surface area (Å²) in [6, 6.07) is 4.60. The molecule has 7 heteroatoms. The Morgan fingerprint density at radius 2 is 2.10 bits per heavy atom. The van der Waals surface area contributed by atoms with E-state index in [0.29, 0.717) is 24.5 Å². The van der Waals surface area contributed by atoms with Crippen molar-refractivity contribution in [1.29, 1.82) is 0 Å². The van der Waals surface area contributed by atoms with Gasteiger partial charge in [0.05, 0.1) is 25.1 Å². The van der Waals surface area contributed by atoms with Gasteiger partial charge in [-0.25, -0.2) is 0 Å². The zero-order valence-corrected chi connectivity index (χ0v) is 12.2. The molecule has 1 aromatic carbocycles. The van der Waals surface area contributed by atoms with Crippen molar-refractivity contribution in [1.82, 2.24) is 0 Å². The number of ether oxygens (including phenoxy) is 2. The highest BCUT2D eigenvalue weighted by atomic mass is 16.6. The molecule has 1 aliphatic rings. The van der Waals surface area contributed by atoms with Crippen molar-refractivity contribution < 1.29 is 19.2 Å². The first-order valence-electron chi connectivity index (χ1n) is 6.63. The summed E-state index contributed by atoms with van der Waals surface area (Å²) in [6.45, 7) is 2.91. The lowest BCUT2D eigenvalue weighted by Crippen LogP contribution is -2.24. The van der Waals surface area contributed by atoms with Crippen LogP contribution in [0.5, 0.6) is 5.75 Å². The lowest BCUT2D eigenvalue weighted by Gasteiger charge is -2.18. The number of benzene rings is 1. The van der Waals surface area contributed by atoms with Crippen molar-refractivity contribution in [3.8, 4) is 5.75 Å². The molecule has 7 nitrogen and oxygen atoms in total. The van der Waals surface area contributed by atoms with E-state index in [9.17, 15) is 14.9 Å². The molecule has 1 saturated heterocycles. The summed E-state index contributed by atoms with van der Waals surface area (Å²) >= 11 is 0. The lowest BCUT2D eigenvalue weighted by molar-refractivity contribution is -0.384. The molecule has 2 rings (SSSR count). The fourth-order valence-electron chi connectivity index (χ4n) is 2.66. The summed E-state index contributed by atoms with van der Waals surface area (Å²) < 4.78 is 9.92. The van der Waals surface area contributed by atoms with Gasteiger partial charge in [0.1, 0.15) is 11.4 Å². The van der Waals surface area contributed by atoms with E-state index < -0.39 is 4.92 Å². The first-order valence-corrected chi connectivity index (χ1v) is 6.63. The molecule has 1 fully saturated rings. The summed E-state index contributed by atoms with van der Waals surface area (Å²) in [7, 11) is 2.86. The number of methoxy groups -OCH3 is 2.